The van der Waals surface area contributed by atoms with E-state index in [-0.39, 0.29) is 12.3 Å². The maximum Gasteiger partial charge on any atom is 0.230 e. The van der Waals surface area contributed by atoms with Crippen LogP contribution < -0.4 is 5.32 Å². The molecule has 0 atom stereocenters. The van der Waals surface area contributed by atoms with Crippen LogP contribution in [0, 0.1) is 6.92 Å². The average Bonchev–Trinajstić information content (AvgIpc) is 3.34. The van der Waals surface area contributed by atoms with Crippen molar-refractivity contribution in [2.75, 3.05) is 5.32 Å². The molecule has 4 aromatic rings. The number of carbonyl (C=O) groups excluding carboxylic acids is 1. The Morgan fingerprint density at radius 2 is 2.11 bits per heavy atom. The van der Waals surface area contributed by atoms with Gasteiger partial charge in [0.05, 0.1) is 6.42 Å². The second kappa shape index (κ2) is 7.20. The minimum Gasteiger partial charge on any atom is -0.458 e. The molecular formula is C19H16N6O2. The molecule has 27 heavy (non-hydrogen) atoms. The molecule has 8 heteroatoms. The molecule has 1 amide bonds. The maximum atomic E-state index is 12.4. The van der Waals surface area contributed by atoms with Gasteiger partial charge in [0.15, 0.2) is 17.4 Å². The van der Waals surface area contributed by atoms with Gasteiger partial charge in [0.2, 0.25) is 5.91 Å². The summed E-state index contributed by atoms with van der Waals surface area (Å²) < 4.78 is 7.22. The van der Waals surface area contributed by atoms with E-state index in [1.807, 2.05) is 19.1 Å². The molecule has 0 aliphatic carbocycles. The van der Waals surface area contributed by atoms with Gasteiger partial charge in [-0.15, -0.1) is 0 Å². The molecule has 0 aliphatic rings. The lowest BCUT2D eigenvalue weighted by molar-refractivity contribution is -0.115. The zero-order valence-electron chi connectivity index (χ0n) is 14.5. The number of carbonyl (C=O) groups is 1. The quantitative estimate of drug-likeness (QED) is 0.587. The topological polar surface area (TPSA) is 98.7 Å². The zero-order valence-corrected chi connectivity index (χ0v) is 14.5. The molecule has 0 fully saturated rings. The monoisotopic (exact) mass is 360 g/mol. The fourth-order valence-corrected chi connectivity index (χ4v) is 2.56. The van der Waals surface area contributed by atoms with E-state index in [0.717, 1.165) is 11.3 Å². The van der Waals surface area contributed by atoms with Crippen molar-refractivity contribution in [2.45, 2.75) is 13.3 Å². The van der Waals surface area contributed by atoms with Gasteiger partial charge in [0, 0.05) is 30.9 Å². The number of rotatable bonds is 5. The zero-order chi connectivity index (χ0) is 18.6. The third-order valence-corrected chi connectivity index (χ3v) is 3.77. The smallest absolute Gasteiger partial charge is 0.230 e. The average molecular weight is 360 g/mol. The highest BCUT2D eigenvalue weighted by Crippen LogP contribution is 2.22. The summed E-state index contributed by atoms with van der Waals surface area (Å²) in [4.78, 5) is 25.3. The van der Waals surface area contributed by atoms with Crippen molar-refractivity contribution in [2.24, 2.45) is 0 Å². The van der Waals surface area contributed by atoms with Crippen LogP contribution in [0.1, 0.15) is 11.3 Å². The maximum absolute atomic E-state index is 12.4. The highest BCUT2D eigenvalue weighted by atomic mass is 16.3. The number of pyridine rings is 1. The molecule has 1 N–H and O–H groups in total. The Hall–Kier alpha value is -3.81. The summed E-state index contributed by atoms with van der Waals surface area (Å²) in [6, 6.07) is 10.7. The van der Waals surface area contributed by atoms with E-state index in [2.05, 4.69) is 25.4 Å². The fraction of sp³-hybridized carbons (Fsp3) is 0.105. The normalized spacial score (nSPS) is 10.7. The van der Waals surface area contributed by atoms with Crippen molar-refractivity contribution in [1.29, 1.82) is 0 Å². The number of hydrogen-bond donors (Lipinski definition) is 1. The summed E-state index contributed by atoms with van der Waals surface area (Å²) in [5.41, 5.74) is 0.818. The largest absolute Gasteiger partial charge is 0.458 e. The third-order valence-electron chi connectivity index (χ3n) is 3.77. The highest BCUT2D eigenvalue weighted by molar-refractivity contribution is 5.91. The van der Waals surface area contributed by atoms with Crippen LogP contribution in [0.3, 0.4) is 0 Å². The standard InChI is InChI=1S/C19H16N6O2/c1-13-5-6-15(27-13)19-23-16(11-17(24-19)25-9-3-8-21-25)22-18(26)10-14-4-2-7-20-12-14/h2-9,11-12H,10H2,1H3,(H,22,23,24,26). The molecule has 134 valence electrons. The van der Waals surface area contributed by atoms with E-state index >= 15 is 0 Å². The first-order valence-electron chi connectivity index (χ1n) is 8.32. The number of aromatic nitrogens is 5. The molecular weight excluding hydrogens is 344 g/mol. The van der Waals surface area contributed by atoms with Gasteiger partial charge in [-0.1, -0.05) is 6.07 Å². The van der Waals surface area contributed by atoms with Gasteiger partial charge in [-0.3, -0.25) is 9.78 Å². The summed E-state index contributed by atoms with van der Waals surface area (Å²) in [5, 5.41) is 7.00. The number of hydrogen-bond acceptors (Lipinski definition) is 6. The lowest BCUT2D eigenvalue weighted by Gasteiger charge is -2.08. The summed E-state index contributed by atoms with van der Waals surface area (Å²) in [7, 11) is 0. The fourth-order valence-electron chi connectivity index (χ4n) is 2.56. The van der Waals surface area contributed by atoms with Gasteiger partial charge < -0.3 is 9.73 Å². The van der Waals surface area contributed by atoms with Gasteiger partial charge in [0.1, 0.15) is 11.6 Å². The Morgan fingerprint density at radius 3 is 2.81 bits per heavy atom. The molecule has 0 radical (unpaired) electrons. The van der Waals surface area contributed by atoms with E-state index in [1.165, 1.54) is 0 Å². The molecule has 8 nitrogen and oxygen atoms in total. The predicted octanol–water partition coefficient (Wildman–Crippen LogP) is 2.81. The van der Waals surface area contributed by atoms with Crippen LogP contribution in [-0.4, -0.2) is 30.6 Å². The predicted molar refractivity (Wildman–Crippen MR) is 98.2 cm³/mol. The van der Waals surface area contributed by atoms with E-state index in [4.69, 9.17) is 4.42 Å². The SMILES string of the molecule is Cc1ccc(-c2nc(NC(=O)Cc3cccnc3)cc(-n3cccn3)n2)o1. The molecule has 4 rings (SSSR count). The molecule has 0 spiro atoms. The lowest BCUT2D eigenvalue weighted by Crippen LogP contribution is -2.16. The van der Waals surface area contributed by atoms with Crippen LogP contribution in [-0.2, 0) is 11.2 Å². The minimum atomic E-state index is -0.199. The Labute approximate surface area is 154 Å². The van der Waals surface area contributed by atoms with Gasteiger partial charge in [-0.25, -0.2) is 14.6 Å². The first kappa shape index (κ1) is 16.6. The van der Waals surface area contributed by atoms with Crippen LogP contribution in [0.15, 0.2) is 65.6 Å². The molecule has 0 saturated carbocycles. The Kier molecular flexibility index (Phi) is 4.44. The van der Waals surface area contributed by atoms with Crippen LogP contribution in [0.2, 0.25) is 0 Å². The number of nitrogens with one attached hydrogen (secondary N) is 1. The second-order valence-corrected chi connectivity index (χ2v) is 5.88. The van der Waals surface area contributed by atoms with Crippen molar-refractivity contribution >= 4 is 11.7 Å². The van der Waals surface area contributed by atoms with E-state index in [9.17, 15) is 4.79 Å². The summed E-state index contributed by atoms with van der Waals surface area (Å²) >= 11 is 0. The van der Waals surface area contributed by atoms with E-state index in [1.54, 1.807) is 53.7 Å². The van der Waals surface area contributed by atoms with E-state index in [0.29, 0.717) is 23.2 Å². The first-order chi connectivity index (χ1) is 13.2. The second-order valence-electron chi connectivity index (χ2n) is 5.88. The molecule has 0 bridgehead atoms. The van der Waals surface area contributed by atoms with Crippen LogP contribution in [0.5, 0.6) is 0 Å². The molecule has 0 saturated heterocycles. The summed E-state index contributed by atoms with van der Waals surface area (Å²) in [6.07, 6.45) is 6.94. The highest BCUT2D eigenvalue weighted by Gasteiger charge is 2.13. The number of aryl methyl sites for hydroxylation is 1. The van der Waals surface area contributed by atoms with Gasteiger partial charge in [-0.05, 0) is 36.8 Å². The summed E-state index contributed by atoms with van der Waals surface area (Å²) in [6.45, 7) is 1.84. The van der Waals surface area contributed by atoms with Gasteiger partial charge >= 0.3 is 0 Å². The Bertz CT molecular complexity index is 1060. The third kappa shape index (κ3) is 3.90. The van der Waals surface area contributed by atoms with Crippen molar-refractivity contribution in [1.82, 2.24) is 24.7 Å². The molecule has 0 aromatic carbocycles. The van der Waals surface area contributed by atoms with Crippen LogP contribution >= 0.6 is 0 Å². The summed E-state index contributed by atoms with van der Waals surface area (Å²) in [5.74, 6) is 2.33. The van der Waals surface area contributed by atoms with Crippen molar-refractivity contribution in [3.8, 4) is 17.4 Å². The van der Waals surface area contributed by atoms with Gasteiger partial charge in [-0.2, -0.15) is 5.10 Å². The number of nitrogens with zero attached hydrogens (tertiary/aromatic N) is 5. The number of amides is 1. The van der Waals surface area contributed by atoms with E-state index < -0.39 is 0 Å². The van der Waals surface area contributed by atoms with Crippen LogP contribution in [0.4, 0.5) is 5.82 Å². The Balaban J connectivity index is 1.65. The van der Waals surface area contributed by atoms with Crippen molar-refractivity contribution < 1.29 is 9.21 Å². The van der Waals surface area contributed by atoms with Crippen molar-refractivity contribution in [3.05, 3.63) is 72.5 Å². The first-order valence-corrected chi connectivity index (χ1v) is 8.32. The van der Waals surface area contributed by atoms with Gasteiger partial charge in [0.25, 0.3) is 0 Å². The Morgan fingerprint density at radius 1 is 1.19 bits per heavy atom. The molecule has 0 unspecified atom stereocenters. The lowest BCUT2D eigenvalue weighted by atomic mass is 10.2. The number of furan rings is 1. The molecule has 4 heterocycles. The molecule has 0 aliphatic heterocycles. The van der Waals surface area contributed by atoms with Crippen molar-refractivity contribution in [3.63, 3.8) is 0 Å². The number of anilines is 1. The minimum absolute atomic E-state index is 0.199. The van der Waals surface area contributed by atoms with Crippen LogP contribution in [0.25, 0.3) is 17.4 Å². The molecule has 4 aromatic heterocycles.